The number of nitrogens with two attached hydrogens (primary N) is 1. The smallest absolute Gasteiger partial charge is 0.231 e. The number of rotatable bonds is 2. The van der Waals surface area contributed by atoms with Crippen molar-refractivity contribution in [2.75, 3.05) is 11.1 Å². The number of fused-ring (bicyclic) bond motifs is 1. The minimum atomic E-state index is 0.246. The van der Waals surface area contributed by atoms with Gasteiger partial charge in [0, 0.05) is 0 Å². The lowest BCUT2D eigenvalue weighted by atomic mass is 10.4. The van der Waals surface area contributed by atoms with Crippen LogP contribution in [0.4, 0.5) is 17.5 Å². The third-order valence-electron chi connectivity index (χ3n) is 2.40. The molecule has 0 spiro atoms. The van der Waals surface area contributed by atoms with Crippen LogP contribution in [0, 0.1) is 6.92 Å². The first-order valence-electron chi connectivity index (χ1n) is 5.00. The van der Waals surface area contributed by atoms with Gasteiger partial charge in [-0.05, 0) is 6.92 Å². The Kier molecular flexibility index (Phi) is 2.30. The van der Waals surface area contributed by atoms with E-state index in [9.17, 15) is 0 Å². The number of hydrogen-bond acceptors (Lipinski definition) is 7. The van der Waals surface area contributed by atoms with Gasteiger partial charge < -0.3 is 15.6 Å². The van der Waals surface area contributed by atoms with Gasteiger partial charge in [0.25, 0.3) is 0 Å². The number of aryl methyl sites for hydroxylation is 1. The van der Waals surface area contributed by atoms with E-state index in [0.717, 1.165) is 0 Å². The van der Waals surface area contributed by atoms with E-state index < -0.39 is 0 Å². The van der Waals surface area contributed by atoms with Crippen LogP contribution >= 0.6 is 11.6 Å². The van der Waals surface area contributed by atoms with E-state index in [2.05, 4.69) is 30.6 Å². The van der Waals surface area contributed by atoms with E-state index in [1.165, 1.54) is 6.20 Å². The number of aromatic nitrogens is 5. The number of hydrogen-bond donors (Lipinski definition) is 3. The molecule has 0 aliphatic carbocycles. The zero-order chi connectivity index (χ0) is 12.7. The van der Waals surface area contributed by atoms with Gasteiger partial charge in [0.05, 0.1) is 6.20 Å². The molecule has 0 bridgehead atoms. The topological polar surface area (TPSA) is 119 Å². The second kappa shape index (κ2) is 3.84. The molecule has 0 saturated heterocycles. The van der Waals surface area contributed by atoms with Gasteiger partial charge in [-0.3, -0.25) is 5.10 Å². The molecule has 0 atom stereocenters. The Hall–Kier alpha value is -2.35. The molecule has 92 valence electrons. The summed E-state index contributed by atoms with van der Waals surface area (Å²) < 4.78 is 4.92. The van der Waals surface area contributed by atoms with E-state index in [1.54, 1.807) is 6.92 Å². The Morgan fingerprint density at radius 2 is 2.28 bits per heavy atom. The zero-order valence-electron chi connectivity index (χ0n) is 9.23. The zero-order valence-corrected chi connectivity index (χ0v) is 9.99. The number of nitrogen functional groups attached to an aromatic ring is 1. The van der Waals surface area contributed by atoms with Crippen molar-refractivity contribution >= 4 is 40.1 Å². The number of aromatic amines is 1. The molecular formula is C9H8ClN7O. The molecule has 0 aliphatic rings. The summed E-state index contributed by atoms with van der Waals surface area (Å²) >= 11 is 5.85. The molecule has 0 radical (unpaired) electrons. The number of H-pyrrole nitrogens is 1. The van der Waals surface area contributed by atoms with Crippen molar-refractivity contribution in [3.63, 3.8) is 0 Å². The highest BCUT2D eigenvalue weighted by Gasteiger charge is 2.13. The highest BCUT2D eigenvalue weighted by atomic mass is 35.5. The molecule has 0 aliphatic heterocycles. The summed E-state index contributed by atoms with van der Waals surface area (Å²) in [5.41, 5.74) is 6.92. The highest BCUT2D eigenvalue weighted by Crippen LogP contribution is 2.26. The van der Waals surface area contributed by atoms with Crippen LogP contribution in [0.3, 0.4) is 0 Å². The molecule has 0 unspecified atom stereocenters. The van der Waals surface area contributed by atoms with Crippen LogP contribution in [0.15, 0.2) is 10.7 Å². The molecule has 4 N–H and O–H groups in total. The van der Waals surface area contributed by atoms with E-state index >= 15 is 0 Å². The number of nitrogens with one attached hydrogen (secondary N) is 2. The lowest BCUT2D eigenvalue weighted by Crippen LogP contribution is -2.01. The van der Waals surface area contributed by atoms with Gasteiger partial charge in [-0.15, -0.1) is 0 Å². The van der Waals surface area contributed by atoms with Crippen molar-refractivity contribution in [1.82, 2.24) is 25.3 Å². The first kappa shape index (κ1) is 10.8. The molecule has 8 nitrogen and oxygen atoms in total. The average Bonchev–Trinajstić information content (AvgIpc) is 2.87. The normalized spacial score (nSPS) is 11.0. The predicted molar refractivity (Wildman–Crippen MR) is 65.6 cm³/mol. The Bertz CT molecular complexity index is 719. The Morgan fingerprint density at radius 3 is 3.00 bits per heavy atom. The minimum absolute atomic E-state index is 0.246. The largest absolute Gasteiger partial charge is 0.383 e. The van der Waals surface area contributed by atoms with Crippen molar-refractivity contribution < 1.29 is 4.52 Å². The minimum Gasteiger partial charge on any atom is -0.383 e. The first-order chi connectivity index (χ1) is 8.65. The second-order valence-corrected chi connectivity index (χ2v) is 3.95. The van der Waals surface area contributed by atoms with Crippen LogP contribution in [-0.4, -0.2) is 25.3 Å². The Morgan fingerprint density at radius 1 is 1.44 bits per heavy atom. The fraction of sp³-hybridized carbons (Fsp3) is 0.111. The van der Waals surface area contributed by atoms with E-state index in [1.807, 2.05) is 0 Å². The second-order valence-electron chi connectivity index (χ2n) is 3.59. The van der Waals surface area contributed by atoms with Crippen LogP contribution in [0.2, 0.25) is 5.15 Å². The number of halogens is 1. The molecule has 18 heavy (non-hydrogen) atoms. The predicted octanol–water partition coefficient (Wildman–Crippen LogP) is 1.63. The third-order valence-corrected chi connectivity index (χ3v) is 2.67. The monoisotopic (exact) mass is 265 g/mol. The molecule has 3 heterocycles. The Balaban J connectivity index is 2.06. The molecule has 0 fully saturated rings. The van der Waals surface area contributed by atoms with Gasteiger partial charge in [0.1, 0.15) is 16.9 Å². The van der Waals surface area contributed by atoms with Gasteiger partial charge in [-0.2, -0.15) is 15.1 Å². The summed E-state index contributed by atoms with van der Waals surface area (Å²) in [5, 5.41) is 13.8. The number of nitrogens with zero attached hydrogens (tertiary/aromatic N) is 4. The molecule has 3 rings (SSSR count). The van der Waals surface area contributed by atoms with Gasteiger partial charge >= 0.3 is 0 Å². The van der Waals surface area contributed by atoms with Crippen LogP contribution in [-0.2, 0) is 0 Å². The van der Waals surface area contributed by atoms with E-state index in [4.69, 9.17) is 21.9 Å². The van der Waals surface area contributed by atoms with Gasteiger partial charge in [0.15, 0.2) is 16.6 Å². The van der Waals surface area contributed by atoms with Crippen molar-refractivity contribution in [3.8, 4) is 0 Å². The van der Waals surface area contributed by atoms with Crippen molar-refractivity contribution in [2.45, 2.75) is 6.92 Å². The van der Waals surface area contributed by atoms with Crippen LogP contribution in [0.5, 0.6) is 0 Å². The summed E-state index contributed by atoms with van der Waals surface area (Å²) in [5.74, 6) is 1.18. The Labute approximate surface area is 106 Å². The van der Waals surface area contributed by atoms with Gasteiger partial charge in [0.2, 0.25) is 5.95 Å². The fourth-order valence-electron chi connectivity index (χ4n) is 1.52. The number of anilines is 3. The fourth-order valence-corrected chi connectivity index (χ4v) is 1.74. The van der Waals surface area contributed by atoms with Crippen molar-refractivity contribution in [2.24, 2.45) is 0 Å². The van der Waals surface area contributed by atoms with Crippen LogP contribution in [0.1, 0.15) is 5.76 Å². The lowest BCUT2D eigenvalue weighted by molar-refractivity contribution is 0.398. The van der Waals surface area contributed by atoms with Crippen LogP contribution in [0.25, 0.3) is 11.0 Å². The van der Waals surface area contributed by atoms with Crippen LogP contribution < -0.4 is 11.1 Å². The summed E-state index contributed by atoms with van der Waals surface area (Å²) in [6.07, 6.45) is 1.53. The average molecular weight is 266 g/mol. The maximum atomic E-state index is 5.85. The van der Waals surface area contributed by atoms with Crippen molar-refractivity contribution in [3.05, 3.63) is 17.1 Å². The standard InChI is InChI=1S/C9H8ClN7O/c1-3-4(2-12-18-3)13-9-14-7(11)5-6(10)16-17-8(5)15-9/h2H,1H3,(H4,11,13,14,15,16,17). The quantitative estimate of drug-likeness (QED) is 0.644. The van der Waals surface area contributed by atoms with Gasteiger partial charge in [-0.25, -0.2) is 0 Å². The summed E-state index contributed by atoms with van der Waals surface area (Å²) in [6.45, 7) is 1.77. The van der Waals surface area contributed by atoms with E-state index in [-0.39, 0.29) is 11.0 Å². The molecular weight excluding hydrogens is 258 g/mol. The highest BCUT2D eigenvalue weighted by molar-refractivity contribution is 6.35. The molecule has 9 heteroatoms. The molecule has 3 aromatic heterocycles. The maximum Gasteiger partial charge on any atom is 0.231 e. The van der Waals surface area contributed by atoms with Gasteiger partial charge in [-0.1, -0.05) is 16.8 Å². The first-order valence-corrected chi connectivity index (χ1v) is 5.38. The summed E-state index contributed by atoms with van der Waals surface area (Å²) in [7, 11) is 0. The SMILES string of the molecule is Cc1oncc1Nc1nc(N)c2c(Cl)n[nH]c2n1. The third kappa shape index (κ3) is 1.63. The molecule has 0 aromatic carbocycles. The lowest BCUT2D eigenvalue weighted by Gasteiger charge is -2.03. The van der Waals surface area contributed by atoms with Crippen molar-refractivity contribution in [1.29, 1.82) is 0 Å². The molecule has 0 amide bonds. The maximum absolute atomic E-state index is 5.85. The molecule has 0 saturated carbocycles. The van der Waals surface area contributed by atoms with E-state index in [0.29, 0.717) is 28.4 Å². The summed E-state index contributed by atoms with van der Waals surface area (Å²) in [4.78, 5) is 8.29. The summed E-state index contributed by atoms with van der Waals surface area (Å²) in [6, 6.07) is 0. The molecule has 3 aromatic rings.